The zero-order valence-electron chi connectivity index (χ0n) is 12.3. The molecule has 1 saturated heterocycles. The number of rotatable bonds is 3. The third-order valence-corrected chi connectivity index (χ3v) is 8.18. The maximum Gasteiger partial charge on any atom is 0.134 e. The fraction of sp³-hybridized carbons (Fsp3) is 1.00. The lowest BCUT2D eigenvalue weighted by molar-refractivity contribution is 0.0549. The van der Waals surface area contributed by atoms with E-state index < -0.39 is 10.2 Å². The van der Waals surface area contributed by atoms with Gasteiger partial charge in [-0.05, 0) is 25.7 Å². The molecule has 2 atom stereocenters. The predicted octanol–water partition coefficient (Wildman–Crippen LogP) is 4.15. The molecule has 2 aliphatic carbocycles. The molecular weight excluding hydrogens is 310 g/mol. The summed E-state index contributed by atoms with van der Waals surface area (Å²) in [6.07, 6.45) is 14.1. The van der Waals surface area contributed by atoms with Gasteiger partial charge in [0.1, 0.15) is 5.75 Å². The molecule has 1 heterocycles. The van der Waals surface area contributed by atoms with Crippen LogP contribution in [0.25, 0.3) is 0 Å². The van der Waals surface area contributed by atoms with Crippen molar-refractivity contribution in [3.05, 3.63) is 0 Å². The minimum atomic E-state index is -0.607. The van der Waals surface area contributed by atoms with Crippen molar-refractivity contribution in [3.8, 4) is 0 Å². The molecule has 5 heteroatoms. The Morgan fingerprint density at radius 3 is 1.70 bits per heavy atom. The van der Waals surface area contributed by atoms with Gasteiger partial charge in [-0.25, -0.2) is 0 Å². The second-order valence-corrected chi connectivity index (χ2v) is 9.77. The molecule has 0 radical (unpaired) electrons. The van der Waals surface area contributed by atoms with E-state index in [1.165, 1.54) is 64.2 Å². The van der Waals surface area contributed by atoms with Gasteiger partial charge in [-0.2, -0.15) is 0 Å². The normalized spacial score (nSPS) is 33.3. The fourth-order valence-corrected chi connectivity index (χ4v) is 7.37. The van der Waals surface area contributed by atoms with Gasteiger partial charge in [-0.1, -0.05) is 38.5 Å². The summed E-state index contributed by atoms with van der Waals surface area (Å²) in [4.78, 5) is 2.86. The van der Waals surface area contributed by atoms with Crippen LogP contribution in [0.1, 0.15) is 64.2 Å². The van der Waals surface area contributed by atoms with Crippen LogP contribution in [-0.2, 0) is 10.2 Å². The molecule has 0 aromatic carbocycles. The van der Waals surface area contributed by atoms with Gasteiger partial charge < -0.3 is 4.55 Å². The van der Waals surface area contributed by atoms with E-state index in [0.717, 1.165) is 23.6 Å². The molecular formula is C15H28ClNOS2. The largest absolute Gasteiger partial charge is 0.605 e. The van der Waals surface area contributed by atoms with E-state index in [0.29, 0.717) is 6.04 Å². The summed E-state index contributed by atoms with van der Waals surface area (Å²) in [5.41, 5.74) is 0. The van der Waals surface area contributed by atoms with Gasteiger partial charge in [-0.3, -0.25) is 4.90 Å². The van der Waals surface area contributed by atoms with Crippen molar-refractivity contribution in [2.45, 2.75) is 82.3 Å². The van der Waals surface area contributed by atoms with E-state index in [9.17, 15) is 4.55 Å². The second-order valence-electron chi connectivity index (χ2n) is 6.44. The average molecular weight is 338 g/mol. The first-order chi connectivity index (χ1) is 9.34. The fourth-order valence-electron chi connectivity index (χ4n) is 4.23. The van der Waals surface area contributed by atoms with Crippen LogP contribution in [0.15, 0.2) is 0 Å². The Bertz CT molecular complexity index is 259. The summed E-state index contributed by atoms with van der Waals surface area (Å²) in [6, 6.07) is 2.21. The highest BCUT2D eigenvalue weighted by molar-refractivity contribution is 8.72. The molecule has 0 spiro atoms. The zero-order valence-corrected chi connectivity index (χ0v) is 14.7. The van der Waals surface area contributed by atoms with Crippen LogP contribution in [0, 0.1) is 0 Å². The number of hydrogen-bond donors (Lipinski definition) is 0. The van der Waals surface area contributed by atoms with E-state index in [1.807, 2.05) is 0 Å². The molecule has 2 unspecified atom stereocenters. The van der Waals surface area contributed by atoms with Crippen LogP contribution < -0.4 is 0 Å². The molecule has 0 aromatic heterocycles. The van der Waals surface area contributed by atoms with Crippen LogP contribution in [0.3, 0.4) is 0 Å². The molecule has 0 aromatic rings. The van der Waals surface area contributed by atoms with Gasteiger partial charge in [0, 0.05) is 22.3 Å². The summed E-state index contributed by atoms with van der Waals surface area (Å²) in [7, 11) is 1.08. The van der Waals surface area contributed by atoms with E-state index >= 15 is 0 Å². The molecule has 118 valence electrons. The molecule has 0 bridgehead atoms. The number of nitrogens with zero attached hydrogens (tertiary/aromatic N) is 1. The van der Waals surface area contributed by atoms with E-state index in [4.69, 9.17) is 0 Å². The smallest absolute Gasteiger partial charge is 0.134 e. The Hall–Kier alpha value is 0.910. The summed E-state index contributed by atoms with van der Waals surface area (Å²) in [5.74, 6) is 2.04. The minimum absolute atomic E-state index is 0. The third-order valence-electron chi connectivity index (χ3n) is 5.13. The second kappa shape index (κ2) is 8.52. The summed E-state index contributed by atoms with van der Waals surface area (Å²) >= 11 is 0. The molecule has 2 nitrogen and oxygen atoms in total. The molecule has 0 amide bonds. The average Bonchev–Trinajstić information content (AvgIpc) is 2.88. The van der Waals surface area contributed by atoms with Crippen molar-refractivity contribution in [2.75, 3.05) is 11.5 Å². The van der Waals surface area contributed by atoms with Crippen molar-refractivity contribution < 1.29 is 4.55 Å². The Kier molecular flexibility index (Phi) is 7.35. The van der Waals surface area contributed by atoms with Crippen molar-refractivity contribution in [1.82, 2.24) is 4.90 Å². The van der Waals surface area contributed by atoms with Crippen molar-refractivity contribution >= 4 is 33.4 Å². The summed E-state index contributed by atoms with van der Waals surface area (Å²) < 4.78 is 11.8. The lowest BCUT2D eigenvalue weighted by atomic mass is 9.87. The Morgan fingerprint density at radius 2 is 1.30 bits per heavy atom. The van der Waals surface area contributed by atoms with Gasteiger partial charge in [0.05, 0.1) is 22.6 Å². The van der Waals surface area contributed by atoms with Gasteiger partial charge in [0.15, 0.2) is 0 Å². The SMILES string of the molecule is Cl.[O-][S+]1CC(N(C2CCCCC2)C2CCCCC2)CS1. The Balaban J connectivity index is 0.00000147. The topological polar surface area (TPSA) is 26.3 Å². The monoisotopic (exact) mass is 337 g/mol. The summed E-state index contributed by atoms with van der Waals surface area (Å²) in [6.45, 7) is 0. The highest BCUT2D eigenvalue weighted by atomic mass is 35.5. The van der Waals surface area contributed by atoms with E-state index in [1.54, 1.807) is 10.8 Å². The lowest BCUT2D eigenvalue weighted by Gasteiger charge is -2.44. The minimum Gasteiger partial charge on any atom is -0.605 e. The molecule has 3 aliphatic rings. The molecule has 3 fully saturated rings. The maximum absolute atomic E-state index is 11.8. The van der Waals surface area contributed by atoms with Crippen LogP contribution in [0.5, 0.6) is 0 Å². The molecule has 0 N–H and O–H groups in total. The molecule has 20 heavy (non-hydrogen) atoms. The van der Waals surface area contributed by atoms with E-state index in [-0.39, 0.29) is 12.4 Å². The first-order valence-corrected chi connectivity index (χ1v) is 11.0. The highest BCUT2D eigenvalue weighted by Crippen LogP contribution is 2.36. The van der Waals surface area contributed by atoms with Crippen molar-refractivity contribution in [2.24, 2.45) is 0 Å². The van der Waals surface area contributed by atoms with E-state index in [2.05, 4.69) is 4.90 Å². The number of hydrogen-bond acceptors (Lipinski definition) is 3. The Labute approximate surface area is 136 Å². The lowest BCUT2D eigenvalue weighted by Crippen LogP contribution is -2.52. The molecule has 2 saturated carbocycles. The zero-order chi connectivity index (χ0) is 13.1. The van der Waals surface area contributed by atoms with Crippen LogP contribution in [0.2, 0.25) is 0 Å². The highest BCUT2D eigenvalue weighted by Gasteiger charge is 2.40. The van der Waals surface area contributed by atoms with Gasteiger partial charge in [0.2, 0.25) is 0 Å². The van der Waals surface area contributed by atoms with Crippen LogP contribution in [0.4, 0.5) is 0 Å². The predicted molar refractivity (Wildman–Crippen MR) is 92.1 cm³/mol. The van der Waals surface area contributed by atoms with Crippen molar-refractivity contribution in [1.29, 1.82) is 0 Å². The van der Waals surface area contributed by atoms with Gasteiger partial charge in [-0.15, -0.1) is 12.4 Å². The Morgan fingerprint density at radius 1 is 0.800 bits per heavy atom. The van der Waals surface area contributed by atoms with Crippen LogP contribution in [-0.4, -0.2) is 39.1 Å². The van der Waals surface area contributed by atoms with Gasteiger partial charge >= 0.3 is 0 Å². The number of halogens is 1. The first-order valence-electron chi connectivity index (χ1n) is 8.13. The first kappa shape index (κ1) is 17.3. The van der Waals surface area contributed by atoms with Gasteiger partial charge in [0.25, 0.3) is 0 Å². The standard InChI is InChI=1S/C15H27NOS2.ClH/c17-19-12-15(11-18-19)16(13-7-3-1-4-8-13)14-9-5-2-6-10-14;/h13-15H,1-12H2;1H. The quantitative estimate of drug-likeness (QED) is 0.571. The molecule has 3 rings (SSSR count). The van der Waals surface area contributed by atoms with Crippen LogP contribution >= 0.6 is 23.2 Å². The van der Waals surface area contributed by atoms with Crippen molar-refractivity contribution in [3.63, 3.8) is 0 Å². The summed E-state index contributed by atoms with van der Waals surface area (Å²) in [5, 5.41) is 0. The third kappa shape index (κ3) is 4.22. The maximum atomic E-state index is 11.8. The molecule has 1 aliphatic heterocycles.